The van der Waals surface area contributed by atoms with Gasteiger partial charge >= 0.3 is 0 Å². The Morgan fingerprint density at radius 1 is 1.17 bits per heavy atom. The molecule has 1 aromatic heterocycles. The van der Waals surface area contributed by atoms with Crippen LogP contribution in [0.2, 0.25) is 0 Å². The molecule has 1 aromatic carbocycles. The first kappa shape index (κ1) is 14.5. The molecule has 0 radical (unpaired) electrons. The van der Waals surface area contributed by atoms with Gasteiger partial charge in [-0.25, -0.2) is 4.98 Å². The molecule has 24 heavy (non-hydrogen) atoms. The van der Waals surface area contributed by atoms with Crippen molar-refractivity contribution in [1.29, 1.82) is 0 Å². The molecule has 3 aliphatic rings. The van der Waals surface area contributed by atoms with Crippen LogP contribution in [0.25, 0.3) is 11.1 Å². The van der Waals surface area contributed by atoms with Crippen LogP contribution in [0.15, 0.2) is 28.7 Å². The van der Waals surface area contributed by atoms with E-state index in [1.807, 2.05) is 24.3 Å². The van der Waals surface area contributed by atoms with Crippen LogP contribution >= 0.6 is 0 Å². The van der Waals surface area contributed by atoms with E-state index in [0.29, 0.717) is 17.7 Å². The van der Waals surface area contributed by atoms with E-state index in [-0.39, 0.29) is 5.92 Å². The minimum Gasteiger partial charge on any atom is -0.440 e. The highest BCUT2D eigenvalue weighted by Crippen LogP contribution is 2.49. The monoisotopic (exact) mass is 324 g/mol. The summed E-state index contributed by atoms with van der Waals surface area (Å²) in [6.45, 7) is 1.68. The number of benzene rings is 1. The Hall–Kier alpha value is -1.84. The van der Waals surface area contributed by atoms with Crippen molar-refractivity contribution in [3.63, 3.8) is 0 Å². The van der Waals surface area contributed by atoms with Crippen LogP contribution in [0.3, 0.4) is 0 Å². The fourth-order valence-electron chi connectivity index (χ4n) is 5.23. The molecule has 1 amide bonds. The molecule has 5 rings (SSSR count). The minimum atomic E-state index is 0.244. The van der Waals surface area contributed by atoms with Gasteiger partial charge in [-0.3, -0.25) is 4.79 Å². The first-order valence-corrected chi connectivity index (χ1v) is 9.42. The number of fused-ring (bicyclic) bond motifs is 3. The van der Waals surface area contributed by atoms with Crippen LogP contribution in [0.1, 0.15) is 50.3 Å². The highest BCUT2D eigenvalue weighted by Gasteiger charge is 2.45. The molecule has 1 aliphatic heterocycles. The first-order valence-electron chi connectivity index (χ1n) is 9.42. The number of amides is 1. The lowest BCUT2D eigenvalue weighted by Gasteiger charge is -2.35. The SMILES string of the molecule is O=C([C@H]1C[C@H]2CC[C@H]1C2)N1CCC[C@H](c2nc3ccccc3o2)C1. The van der Waals surface area contributed by atoms with Crippen molar-refractivity contribution in [3.8, 4) is 0 Å². The van der Waals surface area contributed by atoms with Crippen molar-refractivity contribution in [2.24, 2.45) is 17.8 Å². The Morgan fingerprint density at radius 3 is 2.88 bits per heavy atom. The Kier molecular flexibility index (Phi) is 3.39. The number of para-hydroxylation sites is 2. The number of hydrogen-bond acceptors (Lipinski definition) is 3. The van der Waals surface area contributed by atoms with Crippen LogP contribution in [0.4, 0.5) is 0 Å². The molecule has 0 N–H and O–H groups in total. The van der Waals surface area contributed by atoms with E-state index >= 15 is 0 Å². The van der Waals surface area contributed by atoms with Gasteiger partial charge in [0.25, 0.3) is 0 Å². The van der Waals surface area contributed by atoms with Crippen LogP contribution in [0, 0.1) is 17.8 Å². The molecule has 2 bridgehead atoms. The molecule has 4 nitrogen and oxygen atoms in total. The maximum absolute atomic E-state index is 13.0. The van der Waals surface area contributed by atoms with Gasteiger partial charge in [0.1, 0.15) is 5.52 Å². The number of oxazole rings is 1. The van der Waals surface area contributed by atoms with Gasteiger partial charge in [0, 0.05) is 19.0 Å². The predicted octanol–water partition coefficient (Wildman–Crippen LogP) is 3.97. The Balaban J connectivity index is 1.33. The number of carbonyl (C=O) groups excluding carboxylic acids is 1. The molecule has 3 fully saturated rings. The van der Waals surface area contributed by atoms with Crippen molar-refractivity contribution in [2.45, 2.75) is 44.4 Å². The maximum atomic E-state index is 13.0. The number of carbonyl (C=O) groups is 1. The molecule has 4 atom stereocenters. The number of rotatable bonds is 2. The molecule has 126 valence electrons. The van der Waals surface area contributed by atoms with Crippen molar-refractivity contribution >= 4 is 17.0 Å². The quantitative estimate of drug-likeness (QED) is 0.839. The molecule has 0 unspecified atom stereocenters. The van der Waals surface area contributed by atoms with Crippen LogP contribution < -0.4 is 0 Å². The lowest BCUT2D eigenvalue weighted by atomic mass is 9.86. The van der Waals surface area contributed by atoms with E-state index in [0.717, 1.165) is 55.3 Å². The second-order valence-electron chi connectivity index (χ2n) is 7.92. The van der Waals surface area contributed by atoms with Gasteiger partial charge in [-0.2, -0.15) is 0 Å². The van der Waals surface area contributed by atoms with Crippen molar-refractivity contribution in [2.75, 3.05) is 13.1 Å². The number of aromatic nitrogens is 1. The van der Waals surface area contributed by atoms with E-state index in [9.17, 15) is 4.79 Å². The highest BCUT2D eigenvalue weighted by atomic mass is 16.3. The second-order valence-corrected chi connectivity index (χ2v) is 7.92. The third-order valence-electron chi connectivity index (χ3n) is 6.45. The van der Waals surface area contributed by atoms with Crippen molar-refractivity contribution < 1.29 is 9.21 Å². The zero-order valence-electron chi connectivity index (χ0n) is 14.0. The summed E-state index contributed by atoms with van der Waals surface area (Å²) >= 11 is 0. The van der Waals surface area contributed by atoms with Crippen molar-refractivity contribution in [1.82, 2.24) is 9.88 Å². The Morgan fingerprint density at radius 2 is 2.08 bits per heavy atom. The number of nitrogens with zero attached hydrogens (tertiary/aromatic N) is 2. The summed E-state index contributed by atoms with van der Waals surface area (Å²) in [7, 11) is 0. The molecule has 2 aromatic rings. The van der Waals surface area contributed by atoms with Gasteiger partial charge in [0.2, 0.25) is 5.91 Å². The third-order valence-corrected chi connectivity index (χ3v) is 6.45. The minimum absolute atomic E-state index is 0.244. The lowest BCUT2D eigenvalue weighted by molar-refractivity contribution is -0.138. The topological polar surface area (TPSA) is 46.3 Å². The molecule has 2 aliphatic carbocycles. The zero-order valence-corrected chi connectivity index (χ0v) is 14.0. The van der Waals surface area contributed by atoms with E-state index in [1.165, 1.54) is 19.3 Å². The second kappa shape index (κ2) is 5.61. The summed E-state index contributed by atoms with van der Waals surface area (Å²) < 4.78 is 5.96. The molecule has 4 heteroatoms. The van der Waals surface area contributed by atoms with Crippen LogP contribution in [-0.2, 0) is 4.79 Å². The molecule has 2 heterocycles. The van der Waals surface area contributed by atoms with Gasteiger partial charge in [-0.1, -0.05) is 18.6 Å². The standard InChI is InChI=1S/C20H24N2O2/c23-20(16-11-13-7-8-14(16)10-13)22-9-3-4-15(12-22)19-21-17-5-1-2-6-18(17)24-19/h1-2,5-6,13-16H,3-4,7-12H2/t13-,14-,15-,16-/m0/s1. The number of hydrogen-bond donors (Lipinski definition) is 0. The van der Waals surface area contributed by atoms with Gasteiger partial charge < -0.3 is 9.32 Å². The fraction of sp³-hybridized carbons (Fsp3) is 0.600. The fourth-order valence-corrected chi connectivity index (χ4v) is 5.23. The smallest absolute Gasteiger partial charge is 0.225 e. The predicted molar refractivity (Wildman–Crippen MR) is 91.5 cm³/mol. The molecular weight excluding hydrogens is 300 g/mol. The summed E-state index contributed by atoms with van der Waals surface area (Å²) in [5.41, 5.74) is 1.77. The lowest BCUT2D eigenvalue weighted by Crippen LogP contribution is -2.43. The third kappa shape index (κ3) is 2.35. The van der Waals surface area contributed by atoms with E-state index < -0.39 is 0 Å². The maximum Gasteiger partial charge on any atom is 0.225 e. The molecular formula is C20H24N2O2. The summed E-state index contributed by atoms with van der Waals surface area (Å²) in [6.07, 6.45) is 7.15. The summed E-state index contributed by atoms with van der Waals surface area (Å²) in [4.78, 5) is 19.8. The van der Waals surface area contributed by atoms with Crippen LogP contribution in [-0.4, -0.2) is 28.9 Å². The average Bonchev–Trinajstić information content (AvgIpc) is 3.35. The largest absolute Gasteiger partial charge is 0.440 e. The van der Waals surface area contributed by atoms with Crippen LogP contribution in [0.5, 0.6) is 0 Å². The number of piperidine rings is 1. The van der Waals surface area contributed by atoms with Gasteiger partial charge in [0.05, 0.1) is 5.92 Å². The molecule has 2 saturated carbocycles. The zero-order chi connectivity index (χ0) is 16.1. The molecule has 0 spiro atoms. The van der Waals surface area contributed by atoms with Gasteiger partial charge in [0.15, 0.2) is 11.5 Å². The average molecular weight is 324 g/mol. The Labute approximate surface area is 142 Å². The summed E-state index contributed by atoms with van der Waals surface area (Å²) in [5.74, 6) is 3.23. The summed E-state index contributed by atoms with van der Waals surface area (Å²) in [6, 6.07) is 7.92. The van der Waals surface area contributed by atoms with E-state index in [4.69, 9.17) is 4.42 Å². The van der Waals surface area contributed by atoms with Crippen molar-refractivity contribution in [3.05, 3.63) is 30.2 Å². The highest BCUT2D eigenvalue weighted by molar-refractivity contribution is 5.80. The van der Waals surface area contributed by atoms with Gasteiger partial charge in [-0.15, -0.1) is 0 Å². The van der Waals surface area contributed by atoms with Gasteiger partial charge in [-0.05, 0) is 56.1 Å². The number of likely N-dealkylation sites (tertiary alicyclic amines) is 1. The molecule has 1 saturated heterocycles. The van der Waals surface area contributed by atoms with E-state index in [2.05, 4.69) is 9.88 Å². The first-order chi connectivity index (χ1) is 11.8. The normalized spacial score (nSPS) is 32.6. The Bertz CT molecular complexity index is 735. The van der Waals surface area contributed by atoms with E-state index in [1.54, 1.807) is 0 Å². The summed E-state index contributed by atoms with van der Waals surface area (Å²) in [5, 5.41) is 0.